The molecule has 0 aromatic heterocycles. The molecule has 1 heterocycles. The van der Waals surface area contributed by atoms with Crippen molar-refractivity contribution in [2.24, 2.45) is 10.8 Å². The average Bonchev–Trinajstić information content (AvgIpc) is 1.99. The van der Waals surface area contributed by atoms with Crippen LogP contribution >= 0.6 is 0 Å². The predicted octanol–water partition coefficient (Wildman–Crippen LogP) is 2.35. The second-order valence-electron chi connectivity index (χ2n) is 7.17. The van der Waals surface area contributed by atoms with E-state index in [1.54, 1.807) is 0 Å². The first-order chi connectivity index (χ1) is 6.68. The molecule has 0 aliphatic carbocycles. The summed E-state index contributed by atoms with van der Waals surface area (Å²) in [5, 5.41) is 3.63. The fourth-order valence-corrected chi connectivity index (χ4v) is 2.21. The third kappa shape index (κ3) is 4.52. The molecule has 0 aromatic rings. The van der Waals surface area contributed by atoms with E-state index in [4.69, 9.17) is 0 Å². The van der Waals surface area contributed by atoms with Crippen LogP contribution in [0.1, 0.15) is 41.5 Å². The smallest absolute Gasteiger partial charge is 0.0244 e. The highest BCUT2D eigenvalue weighted by Gasteiger charge is 2.30. The Balaban J connectivity index is 2.50. The Kier molecular flexibility index (Phi) is 3.83. The lowest BCUT2D eigenvalue weighted by Gasteiger charge is -2.42. The summed E-state index contributed by atoms with van der Waals surface area (Å²) in [7, 11) is 0. The summed E-state index contributed by atoms with van der Waals surface area (Å²) < 4.78 is 0. The Labute approximate surface area is 95.4 Å². The lowest BCUT2D eigenvalue weighted by Crippen LogP contribution is -2.56. The number of nitrogens with one attached hydrogen (secondary N) is 1. The molecule has 0 radical (unpaired) electrons. The number of hydrogen-bond acceptors (Lipinski definition) is 2. The van der Waals surface area contributed by atoms with Crippen LogP contribution in [0.25, 0.3) is 0 Å². The van der Waals surface area contributed by atoms with Crippen molar-refractivity contribution in [2.75, 3.05) is 26.2 Å². The van der Waals surface area contributed by atoms with E-state index >= 15 is 0 Å². The highest BCUT2D eigenvalue weighted by Crippen LogP contribution is 2.23. The molecule has 0 aromatic carbocycles. The molecule has 0 saturated carbocycles. The fraction of sp³-hybridized carbons (Fsp3) is 1.00. The first-order valence-corrected chi connectivity index (χ1v) is 6.14. The van der Waals surface area contributed by atoms with Gasteiger partial charge in [0.1, 0.15) is 0 Å². The van der Waals surface area contributed by atoms with E-state index < -0.39 is 0 Å². The zero-order chi connectivity index (χ0) is 11.7. The van der Waals surface area contributed by atoms with Crippen molar-refractivity contribution >= 4 is 0 Å². The molecule has 1 saturated heterocycles. The van der Waals surface area contributed by atoms with Gasteiger partial charge in [-0.2, -0.15) is 0 Å². The quantitative estimate of drug-likeness (QED) is 0.718. The van der Waals surface area contributed by atoms with Gasteiger partial charge in [0.05, 0.1) is 0 Å². The van der Waals surface area contributed by atoms with Gasteiger partial charge >= 0.3 is 0 Å². The second-order valence-corrected chi connectivity index (χ2v) is 7.17. The van der Waals surface area contributed by atoms with Crippen molar-refractivity contribution in [1.82, 2.24) is 10.2 Å². The summed E-state index contributed by atoms with van der Waals surface area (Å²) in [6.45, 7) is 18.7. The van der Waals surface area contributed by atoms with Crippen molar-refractivity contribution < 1.29 is 0 Å². The Morgan fingerprint density at radius 2 is 1.73 bits per heavy atom. The monoisotopic (exact) mass is 212 g/mol. The molecule has 1 aliphatic rings. The second kappa shape index (κ2) is 4.42. The molecular weight excluding hydrogens is 184 g/mol. The molecule has 1 aliphatic heterocycles. The Morgan fingerprint density at radius 1 is 1.13 bits per heavy atom. The highest BCUT2D eigenvalue weighted by atomic mass is 15.2. The molecule has 1 atom stereocenters. The van der Waals surface area contributed by atoms with E-state index in [0.717, 1.165) is 6.54 Å². The molecule has 1 unspecified atom stereocenters. The van der Waals surface area contributed by atoms with E-state index in [0.29, 0.717) is 16.9 Å². The van der Waals surface area contributed by atoms with Crippen molar-refractivity contribution in [3.63, 3.8) is 0 Å². The van der Waals surface area contributed by atoms with Crippen molar-refractivity contribution in [2.45, 2.75) is 47.6 Å². The maximum atomic E-state index is 3.63. The minimum Gasteiger partial charge on any atom is -0.311 e. The lowest BCUT2D eigenvalue weighted by molar-refractivity contribution is 0.104. The number of piperazine rings is 1. The van der Waals surface area contributed by atoms with Gasteiger partial charge in [-0.3, -0.25) is 4.90 Å². The largest absolute Gasteiger partial charge is 0.311 e. The molecule has 90 valence electrons. The van der Waals surface area contributed by atoms with Gasteiger partial charge in [-0.1, -0.05) is 41.5 Å². The van der Waals surface area contributed by atoms with E-state index in [2.05, 4.69) is 51.8 Å². The summed E-state index contributed by atoms with van der Waals surface area (Å²) >= 11 is 0. The lowest BCUT2D eigenvalue weighted by atomic mass is 9.85. The Morgan fingerprint density at radius 3 is 2.20 bits per heavy atom. The molecule has 0 spiro atoms. The van der Waals surface area contributed by atoms with Crippen LogP contribution in [-0.2, 0) is 0 Å². The molecule has 1 rings (SSSR count). The molecular formula is C13H28N2. The number of rotatable bonds is 1. The first-order valence-electron chi connectivity index (χ1n) is 6.14. The van der Waals surface area contributed by atoms with Crippen LogP contribution in [0.5, 0.6) is 0 Å². The zero-order valence-corrected chi connectivity index (χ0v) is 11.4. The Hall–Kier alpha value is -0.0800. The SMILES string of the molecule is CC(C)(C)CN1CCNC(C(C)(C)C)C1. The van der Waals surface area contributed by atoms with Gasteiger partial charge in [-0.05, 0) is 10.8 Å². The van der Waals surface area contributed by atoms with Crippen LogP contribution in [0.15, 0.2) is 0 Å². The van der Waals surface area contributed by atoms with Crippen LogP contribution in [0.2, 0.25) is 0 Å². The van der Waals surface area contributed by atoms with Crippen molar-refractivity contribution in [1.29, 1.82) is 0 Å². The van der Waals surface area contributed by atoms with Crippen LogP contribution in [-0.4, -0.2) is 37.1 Å². The number of nitrogens with zero attached hydrogens (tertiary/aromatic N) is 1. The van der Waals surface area contributed by atoms with E-state index in [-0.39, 0.29) is 0 Å². The van der Waals surface area contributed by atoms with Crippen LogP contribution in [0, 0.1) is 10.8 Å². The van der Waals surface area contributed by atoms with E-state index in [9.17, 15) is 0 Å². The van der Waals surface area contributed by atoms with E-state index in [1.807, 2.05) is 0 Å². The molecule has 0 amide bonds. The molecule has 1 N–H and O–H groups in total. The van der Waals surface area contributed by atoms with Crippen LogP contribution in [0.4, 0.5) is 0 Å². The average molecular weight is 212 g/mol. The van der Waals surface area contributed by atoms with Gasteiger partial charge < -0.3 is 5.32 Å². The number of hydrogen-bond donors (Lipinski definition) is 1. The third-order valence-corrected chi connectivity index (χ3v) is 3.00. The van der Waals surface area contributed by atoms with Gasteiger partial charge in [0, 0.05) is 32.2 Å². The first kappa shape index (κ1) is 13.0. The Bertz CT molecular complexity index is 198. The predicted molar refractivity (Wildman–Crippen MR) is 67.1 cm³/mol. The topological polar surface area (TPSA) is 15.3 Å². The molecule has 15 heavy (non-hydrogen) atoms. The van der Waals surface area contributed by atoms with Gasteiger partial charge in [-0.25, -0.2) is 0 Å². The fourth-order valence-electron chi connectivity index (χ4n) is 2.21. The molecule has 2 nitrogen and oxygen atoms in total. The highest BCUT2D eigenvalue weighted by molar-refractivity contribution is 4.88. The van der Waals surface area contributed by atoms with Crippen molar-refractivity contribution in [3.8, 4) is 0 Å². The summed E-state index contributed by atoms with van der Waals surface area (Å²) in [6.07, 6.45) is 0. The third-order valence-electron chi connectivity index (χ3n) is 3.00. The summed E-state index contributed by atoms with van der Waals surface area (Å²) in [5.74, 6) is 0. The standard InChI is InChI=1S/C13H28N2/c1-12(2,3)10-15-8-7-14-11(9-15)13(4,5)6/h11,14H,7-10H2,1-6H3. The minimum absolute atomic E-state index is 0.372. The maximum Gasteiger partial charge on any atom is 0.0244 e. The normalized spacial score (nSPS) is 25.6. The van der Waals surface area contributed by atoms with Gasteiger partial charge in [0.2, 0.25) is 0 Å². The van der Waals surface area contributed by atoms with Crippen LogP contribution < -0.4 is 5.32 Å². The maximum absolute atomic E-state index is 3.63. The summed E-state index contributed by atoms with van der Waals surface area (Å²) in [4.78, 5) is 2.60. The molecule has 1 fully saturated rings. The minimum atomic E-state index is 0.372. The van der Waals surface area contributed by atoms with E-state index in [1.165, 1.54) is 19.6 Å². The van der Waals surface area contributed by atoms with Gasteiger partial charge in [0.25, 0.3) is 0 Å². The van der Waals surface area contributed by atoms with Gasteiger partial charge in [0.15, 0.2) is 0 Å². The summed E-state index contributed by atoms with van der Waals surface area (Å²) in [6, 6.07) is 0.633. The molecule has 0 bridgehead atoms. The van der Waals surface area contributed by atoms with Crippen LogP contribution in [0.3, 0.4) is 0 Å². The zero-order valence-electron chi connectivity index (χ0n) is 11.4. The van der Waals surface area contributed by atoms with Crippen molar-refractivity contribution in [3.05, 3.63) is 0 Å². The van der Waals surface area contributed by atoms with Gasteiger partial charge in [-0.15, -0.1) is 0 Å². The summed E-state index contributed by atoms with van der Waals surface area (Å²) in [5.41, 5.74) is 0.788. The molecule has 2 heteroatoms.